The Bertz CT molecular complexity index is 1060. The number of nitrogens with zero attached hydrogens (tertiary/aromatic N) is 3. The summed E-state index contributed by atoms with van der Waals surface area (Å²) in [5.41, 5.74) is -1.34. The van der Waals surface area contributed by atoms with Gasteiger partial charge in [-0.05, 0) is 25.0 Å². The quantitative estimate of drug-likeness (QED) is 0.463. The number of hydrogen-bond donors (Lipinski definition) is 3. The molecule has 0 aliphatic heterocycles. The molecule has 1 aliphatic carbocycles. The molecule has 10 heteroatoms. The van der Waals surface area contributed by atoms with Gasteiger partial charge in [0, 0.05) is 19.1 Å². The first-order valence-electron chi connectivity index (χ1n) is 11.3. The Morgan fingerprint density at radius 3 is 2.58 bits per heavy atom. The van der Waals surface area contributed by atoms with E-state index in [-0.39, 0.29) is 36.4 Å². The van der Waals surface area contributed by atoms with Gasteiger partial charge in [0.2, 0.25) is 0 Å². The van der Waals surface area contributed by atoms with Crippen molar-refractivity contribution in [2.45, 2.75) is 51.2 Å². The molecule has 1 aromatic carbocycles. The minimum atomic E-state index is -1.05. The Hall–Kier alpha value is -2.82. The van der Waals surface area contributed by atoms with Gasteiger partial charge in [0.25, 0.3) is 11.5 Å². The van der Waals surface area contributed by atoms with Crippen LogP contribution in [-0.2, 0) is 11.3 Å². The summed E-state index contributed by atoms with van der Waals surface area (Å²) in [5, 5.41) is 26.9. The molecule has 3 rings (SSSR count). The fourth-order valence-corrected chi connectivity index (χ4v) is 4.31. The number of benzene rings is 1. The predicted molar refractivity (Wildman–Crippen MR) is 122 cm³/mol. The maximum atomic E-state index is 13.1. The monoisotopic (exact) mass is 460 g/mol. The van der Waals surface area contributed by atoms with E-state index in [2.05, 4.69) is 10.4 Å². The molecule has 180 valence electrons. The molecule has 0 radical (unpaired) electrons. The van der Waals surface area contributed by atoms with E-state index in [9.17, 15) is 24.6 Å². The molecule has 1 fully saturated rings. The normalized spacial score (nSPS) is 16.7. The molecule has 1 aromatic heterocycles. The molecule has 0 spiro atoms. The second-order valence-electron chi connectivity index (χ2n) is 8.67. The SMILES string of the molecule is COCC(O)Cn1c(=O)cnn(-c2ccccc2C(=O)NCC2(CO)CCCCCC2)c1=O. The van der Waals surface area contributed by atoms with E-state index >= 15 is 0 Å². The minimum absolute atomic E-state index is 0.00467. The van der Waals surface area contributed by atoms with Crippen molar-refractivity contribution in [3.8, 4) is 5.69 Å². The molecule has 1 heterocycles. The van der Waals surface area contributed by atoms with Crippen molar-refractivity contribution in [1.82, 2.24) is 19.7 Å². The maximum Gasteiger partial charge on any atom is 0.352 e. The van der Waals surface area contributed by atoms with Crippen LogP contribution in [0.1, 0.15) is 48.9 Å². The average Bonchev–Trinajstić information content (AvgIpc) is 3.07. The van der Waals surface area contributed by atoms with Gasteiger partial charge in [-0.1, -0.05) is 37.8 Å². The number of carbonyl (C=O) groups excluding carboxylic acids is 1. The summed E-state index contributed by atoms with van der Waals surface area (Å²) < 4.78 is 6.70. The molecule has 0 saturated heterocycles. The second kappa shape index (κ2) is 11.4. The third-order valence-electron chi connectivity index (χ3n) is 6.21. The van der Waals surface area contributed by atoms with E-state index in [1.165, 1.54) is 7.11 Å². The van der Waals surface area contributed by atoms with Gasteiger partial charge in [0.05, 0.1) is 37.1 Å². The first kappa shape index (κ1) is 24.8. The number of rotatable bonds is 9. The molecule has 33 heavy (non-hydrogen) atoms. The number of methoxy groups -OCH3 is 1. The van der Waals surface area contributed by atoms with E-state index in [4.69, 9.17) is 4.74 Å². The van der Waals surface area contributed by atoms with Crippen LogP contribution in [0.2, 0.25) is 0 Å². The summed E-state index contributed by atoms with van der Waals surface area (Å²) in [7, 11) is 1.40. The van der Waals surface area contributed by atoms with E-state index in [0.717, 1.165) is 54.0 Å². The third-order valence-corrected chi connectivity index (χ3v) is 6.21. The number of carbonyl (C=O) groups is 1. The van der Waals surface area contributed by atoms with E-state index in [0.29, 0.717) is 6.54 Å². The van der Waals surface area contributed by atoms with Crippen molar-refractivity contribution < 1.29 is 19.7 Å². The van der Waals surface area contributed by atoms with Gasteiger partial charge in [-0.25, -0.2) is 4.79 Å². The lowest BCUT2D eigenvalue weighted by atomic mass is 9.81. The Labute approximate surface area is 191 Å². The summed E-state index contributed by atoms with van der Waals surface area (Å²) in [6.45, 7) is 0.0353. The lowest BCUT2D eigenvalue weighted by molar-refractivity contribution is 0.0518. The van der Waals surface area contributed by atoms with Gasteiger partial charge in [-0.3, -0.25) is 14.2 Å². The Morgan fingerprint density at radius 1 is 1.21 bits per heavy atom. The molecule has 1 aliphatic rings. The lowest BCUT2D eigenvalue weighted by Gasteiger charge is -2.31. The molecule has 1 saturated carbocycles. The zero-order valence-electron chi connectivity index (χ0n) is 18.9. The van der Waals surface area contributed by atoms with Gasteiger partial charge >= 0.3 is 5.69 Å². The van der Waals surface area contributed by atoms with E-state index in [1.807, 2.05) is 0 Å². The predicted octanol–water partition coefficient (Wildman–Crippen LogP) is 0.464. The number of aliphatic hydroxyl groups is 2. The van der Waals surface area contributed by atoms with Crippen LogP contribution in [-0.4, -0.2) is 63.4 Å². The van der Waals surface area contributed by atoms with Crippen molar-refractivity contribution >= 4 is 5.91 Å². The number of hydrogen-bond acceptors (Lipinski definition) is 7. The molecule has 1 atom stereocenters. The van der Waals surface area contributed by atoms with Crippen LogP contribution < -0.4 is 16.6 Å². The van der Waals surface area contributed by atoms with Gasteiger partial charge in [0.15, 0.2) is 0 Å². The Kier molecular flexibility index (Phi) is 8.54. The molecule has 1 unspecified atom stereocenters. The standard InChI is InChI=1S/C23H32N4O6/c1-33-14-17(29)13-26-20(30)12-25-27(22(26)32)19-9-5-4-8-18(19)21(31)24-15-23(16-28)10-6-2-3-7-11-23/h4-5,8-9,12,17,28-29H,2-3,6-7,10-11,13-16H2,1H3,(H,24,31). The van der Waals surface area contributed by atoms with Crippen LogP contribution in [0.15, 0.2) is 40.1 Å². The summed E-state index contributed by atoms with van der Waals surface area (Å²) in [5.74, 6) is -0.395. The first-order valence-corrected chi connectivity index (χ1v) is 11.3. The molecular weight excluding hydrogens is 428 g/mol. The summed E-state index contributed by atoms with van der Waals surface area (Å²) in [4.78, 5) is 38.3. The fraction of sp³-hybridized carbons (Fsp3) is 0.565. The molecule has 2 aromatic rings. The smallest absolute Gasteiger partial charge is 0.352 e. The third kappa shape index (κ3) is 5.95. The van der Waals surface area contributed by atoms with E-state index < -0.39 is 23.3 Å². The maximum absolute atomic E-state index is 13.1. The fourth-order valence-electron chi connectivity index (χ4n) is 4.31. The van der Waals surface area contributed by atoms with Crippen LogP contribution in [0.4, 0.5) is 0 Å². The van der Waals surface area contributed by atoms with Crippen molar-refractivity contribution in [2.24, 2.45) is 5.41 Å². The number of aliphatic hydroxyl groups excluding tert-OH is 2. The molecule has 0 bridgehead atoms. The minimum Gasteiger partial charge on any atom is -0.396 e. The number of amides is 1. The van der Waals surface area contributed by atoms with Gasteiger partial charge in [-0.2, -0.15) is 9.78 Å². The van der Waals surface area contributed by atoms with Gasteiger partial charge < -0.3 is 20.3 Å². The van der Waals surface area contributed by atoms with Crippen molar-refractivity contribution in [3.63, 3.8) is 0 Å². The number of aromatic nitrogens is 3. The highest BCUT2D eigenvalue weighted by atomic mass is 16.5. The largest absolute Gasteiger partial charge is 0.396 e. The molecule has 1 amide bonds. The summed E-state index contributed by atoms with van der Waals surface area (Å²) in [6, 6.07) is 6.48. The highest BCUT2D eigenvalue weighted by molar-refractivity contribution is 5.97. The van der Waals surface area contributed by atoms with Gasteiger partial charge in [0.1, 0.15) is 6.20 Å². The topological polar surface area (TPSA) is 136 Å². The van der Waals surface area contributed by atoms with Crippen molar-refractivity contribution in [3.05, 3.63) is 56.9 Å². The average molecular weight is 461 g/mol. The zero-order valence-corrected chi connectivity index (χ0v) is 18.9. The van der Waals surface area contributed by atoms with Gasteiger partial charge in [-0.15, -0.1) is 0 Å². The lowest BCUT2D eigenvalue weighted by Crippen LogP contribution is -2.44. The summed E-state index contributed by atoms with van der Waals surface area (Å²) in [6.07, 6.45) is 5.91. The zero-order chi connectivity index (χ0) is 23.8. The number of para-hydroxylation sites is 1. The summed E-state index contributed by atoms with van der Waals surface area (Å²) >= 11 is 0. The molecule has 10 nitrogen and oxygen atoms in total. The first-order chi connectivity index (χ1) is 15.9. The van der Waals surface area contributed by atoms with Crippen LogP contribution in [0.3, 0.4) is 0 Å². The van der Waals surface area contributed by atoms with Crippen molar-refractivity contribution in [1.29, 1.82) is 0 Å². The van der Waals surface area contributed by atoms with E-state index in [1.54, 1.807) is 24.3 Å². The Balaban J connectivity index is 1.88. The highest BCUT2D eigenvalue weighted by Gasteiger charge is 2.31. The van der Waals surface area contributed by atoms with Crippen LogP contribution in [0, 0.1) is 5.41 Å². The molecular formula is C23H32N4O6. The van der Waals surface area contributed by atoms with Crippen LogP contribution in [0.5, 0.6) is 0 Å². The number of ether oxygens (including phenoxy) is 1. The van der Waals surface area contributed by atoms with Crippen molar-refractivity contribution in [2.75, 3.05) is 26.9 Å². The second-order valence-corrected chi connectivity index (χ2v) is 8.67. The Morgan fingerprint density at radius 2 is 1.91 bits per heavy atom. The van der Waals surface area contributed by atoms with Crippen LogP contribution in [0.25, 0.3) is 5.69 Å². The number of nitrogens with one attached hydrogen (secondary N) is 1. The molecule has 3 N–H and O–H groups in total. The highest BCUT2D eigenvalue weighted by Crippen LogP contribution is 2.34. The van der Waals surface area contributed by atoms with Crippen LogP contribution >= 0.6 is 0 Å².